The summed E-state index contributed by atoms with van der Waals surface area (Å²) in [5.41, 5.74) is 0. The molecule has 23 heavy (non-hydrogen) atoms. The molecule has 1 unspecified atom stereocenters. The van der Waals surface area contributed by atoms with E-state index in [1.165, 1.54) is 12.8 Å². The molecule has 1 fully saturated rings. The van der Waals surface area contributed by atoms with Crippen LogP contribution in [0.5, 0.6) is 0 Å². The zero-order valence-corrected chi connectivity index (χ0v) is 15.0. The van der Waals surface area contributed by atoms with Crippen molar-refractivity contribution < 1.29 is 14.6 Å². The van der Waals surface area contributed by atoms with E-state index >= 15 is 0 Å². The molecule has 0 aromatic heterocycles. The van der Waals surface area contributed by atoms with Crippen LogP contribution in [-0.4, -0.2) is 63.2 Å². The second-order valence-corrected chi connectivity index (χ2v) is 6.60. The van der Waals surface area contributed by atoms with Gasteiger partial charge in [-0.15, -0.1) is 0 Å². The van der Waals surface area contributed by atoms with Crippen LogP contribution in [0.2, 0.25) is 0 Å². The molecule has 1 atom stereocenters. The third-order valence-electron chi connectivity index (χ3n) is 3.37. The molecule has 0 bridgehead atoms. The summed E-state index contributed by atoms with van der Waals surface area (Å²) in [6, 6.07) is 0. The smallest absolute Gasteiger partial charge is 0.191 e. The van der Waals surface area contributed by atoms with Gasteiger partial charge in [0, 0.05) is 32.9 Å². The van der Waals surface area contributed by atoms with Crippen LogP contribution in [0, 0.1) is 11.8 Å². The third-order valence-corrected chi connectivity index (χ3v) is 3.37. The maximum atomic E-state index is 9.89. The number of aliphatic hydroxyl groups is 1. The number of hydrogen-bond acceptors (Lipinski definition) is 4. The van der Waals surface area contributed by atoms with Crippen molar-refractivity contribution in [1.82, 2.24) is 10.6 Å². The molecule has 1 aliphatic rings. The summed E-state index contributed by atoms with van der Waals surface area (Å²) in [4.78, 5) is 4.40. The van der Waals surface area contributed by atoms with Crippen molar-refractivity contribution in [3.05, 3.63) is 0 Å². The van der Waals surface area contributed by atoms with E-state index in [0.29, 0.717) is 19.1 Å². The Morgan fingerprint density at radius 3 is 2.65 bits per heavy atom. The van der Waals surface area contributed by atoms with Crippen molar-refractivity contribution in [3.63, 3.8) is 0 Å². The van der Waals surface area contributed by atoms with Gasteiger partial charge in [-0.3, -0.25) is 4.99 Å². The van der Waals surface area contributed by atoms with E-state index in [2.05, 4.69) is 29.5 Å². The van der Waals surface area contributed by atoms with Gasteiger partial charge < -0.3 is 25.2 Å². The predicted molar refractivity (Wildman–Crippen MR) is 93.8 cm³/mol. The van der Waals surface area contributed by atoms with E-state index < -0.39 is 6.10 Å². The zero-order chi connectivity index (χ0) is 16.9. The molecule has 0 aliphatic heterocycles. The van der Waals surface area contributed by atoms with Crippen LogP contribution >= 0.6 is 0 Å². The van der Waals surface area contributed by atoms with Crippen molar-refractivity contribution in [3.8, 4) is 0 Å². The minimum Gasteiger partial charge on any atom is -0.389 e. The Bertz CT molecular complexity index is 320. The first-order valence-corrected chi connectivity index (χ1v) is 8.97. The van der Waals surface area contributed by atoms with Gasteiger partial charge >= 0.3 is 0 Å². The fourth-order valence-corrected chi connectivity index (χ4v) is 1.95. The quantitative estimate of drug-likeness (QED) is 0.270. The van der Waals surface area contributed by atoms with Crippen LogP contribution in [0.1, 0.15) is 40.0 Å². The summed E-state index contributed by atoms with van der Waals surface area (Å²) in [6.45, 7) is 11.0. The van der Waals surface area contributed by atoms with Gasteiger partial charge in [-0.25, -0.2) is 0 Å². The van der Waals surface area contributed by atoms with Crippen LogP contribution < -0.4 is 10.6 Å². The Balaban J connectivity index is 2.10. The summed E-state index contributed by atoms with van der Waals surface area (Å²) in [6.07, 6.45) is 2.93. The molecule has 3 N–H and O–H groups in total. The SMILES string of the molecule is CCNC(=NCC(O)COCC1CC1)NCCCOCC(C)C. The van der Waals surface area contributed by atoms with Gasteiger partial charge in [0.1, 0.15) is 0 Å². The number of hydrogen-bond donors (Lipinski definition) is 3. The van der Waals surface area contributed by atoms with E-state index in [9.17, 15) is 5.11 Å². The van der Waals surface area contributed by atoms with Crippen LogP contribution in [0.3, 0.4) is 0 Å². The standard InChI is InChI=1S/C17H35N3O3/c1-4-18-17(19-8-5-9-22-11-14(2)3)20-10-16(21)13-23-12-15-6-7-15/h14-16,21H,4-13H2,1-3H3,(H2,18,19,20). The van der Waals surface area contributed by atoms with Crippen molar-refractivity contribution >= 4 is 5.96 Å². The molecular weight excluding hydrogens is 294 g/mol. The van der Waals surface area contributed by atoms with Gasteiger partial charge in [-0.2, -0.15) is 0 Å². The van der Waals surface area contributed by atoms with Gasteiger partial charge in [-0.1, -0.05) is 13.8 Å². The first kappa shape index (κ1) is 20.2. The highest BCUT2D eigenvalue weighted by Crippen LogP contribution is 2.28. The molecule has 6 heteroatoms. The molecule has 0 radical (unpaired) electrons. The molecule has 1 rings (SSSR count). The van der Waals surface area contributed by atoms with Crippen molar-refractivity contribution in [2.24, 2.45) is 16.8 Å². The highest BCUT2D eigenvalue weighted by Gasteiger charge is 2.21. The largest absolute Gasteiger partial charge is 0.389 e. The number of ether oxygens (including phenoxy) is 2. The van der Waals surface area contributed by atoms with Crippen molar-refractivity contribution in [2.45, 2.75) is 46.1 Å². The normalized spacial score (nSPS) is 16.7. The number of nitrogens with one attached hydrogen (secondary N) is 2. The zero-order valence-electron chi connectivity index (χ0n) is 15.0. The maximum absolute atomic E-state index is 9.89. The lowest BCUT2D eigenvalue weighted by atomic mass is 10.2. The molecule has 0 amide bonds. The van der Waals surface area contributed by atoms with Gasteiger partial charge in [0.25, 0.3) is 0 Å². The Labute approximate surface area is 141 Å². The van der Waals surface area contributed by atoms with Crippen LogP contribution in [-0.2, 0) is 9.47 Å². The van der Waals surface area contributed by atoms with Gasteiger partial charge in [0.2, 0.25) is 0 Å². The van der Waals surface area contributed by atoms with E-state index in [1.54, 1.807) is 0 Å². The Morgan fingerprint density at radius 1 is 1.22 bits per heavy atom. The molecule has 1 aliphatic carbocycles. The monoisotopic (exact) mass is 329 g/mol. The summed E-state index contributed by atoms with van der Waals surface area (Å²) < 4.78 is 11.0. The lowest BCUT2D eigenvalue weighted by Gasteiger charge is -2.13. The van der Waals surface area contributed by atoms with E-state index in [-0.39, 0.29) is 0 Å². The number of guanidine groups is 1. The Kier molecular flexibility index (Phi) is 11.0. The number of nitrogens with zero attached hydrogens (tertiary/aromatic N) is 1. The lowest BCUT2D eigenvalue weighted by Crippen LogP contribution is -2.39. The fraction of sp³-hybridized carbons (Fsp3) is 0.941. The molecule has 0 spiro atoms. The first-order valence-electron chi connectivity index (χ1n) is 8.97. The fourth-order valence-electron chi connectivity index (χ4n) is 1.95. The second-order valence-electron chi connectivity index (χ2n) is 6.60. The summed E-state index contributed by atoms with van der Waals surface area (Å²) >= 11 is 0. The number of aliphatic imine (C=N–C) groups is 1. The maximum Gasteiger partial charge on any atom is 0.191 e. The minimum absolute atomic E-state index is 0.351. The second kappa shape index (κ2) is 12.6. The molecule has 0 aromatic carbocycles. The highest BCUT2D eigenvalue weighted by molar-refractivity contribution is 5.79. The Morgan fingerprint density at radius 2 is 2.00 bits per heavy atom. The molecule has 6 nitrogen and oxygen atoms in total. The molecule has 136 valence electrons. The molecular formula is C17H35N3O3. The molecule has 1 saturated carbocycles. The minimum atomic E-state index is -0.543. The first-order chi connectivity index (χ1) is 11.1. The molecule has 0 heterocycles. The van der Waals surface area contributed by atoms with E-state index in [4.69, 9.17) is 9.47 Å². The summed E-state index contributed by atoms with van der Waals surface area (Å²) in [5, 5.41) is 16.3. The predicted octanol–water partition coefficient (Wildman–Crippen LogP) is 1.39. The summed E-state index contributed by atoms with van der Waals surface area (Å²) in [7, 11) is 0. The van der Waals surface area contributed by atoms with Crippen molar-refractivity contribution in [2.75, 3.05) is 46.1 Å². The van der Waals surface area contributed by atoms with E-state index in [0.717, 1.165) is 51.2 Å². The van der Waals surface area contributed by atoms with Crippen LogP contribution in [0.25, 0.3) is 0 Å². The highest BCUT2D eigenvalue weighted by atomic mass is 16.5. The van der Waals surface area contributed by atoms with Gasteiger partial charge in [0.15, 0.2) is 5.96 Å². The third kappa shape index (κ3) is 12.3. The number of aliphatic hydroxyl groups excluding tert-OH is 1. The van der Waals surface area contributed by atoms with Gasteiger partial charge in [-0.05, 0) is 38.0 Å². The van der Waals surface area contributed by atoms with Crippen molar-refractivity contribution in [1.29, 1.82) is 0 Å². The average molecular weight is 329 g/mol. The van der Waals surface area contributed by atoms with E-state index in [1.807, 2.05) is 6.92 Å². The molecule has 0 aromatic rings. The Hall–Kier alpha value is -0.850. The topological polar surface area (TPSA) is 75.1 Å². The lowest BCUT2D eigenvalue weighted by molar-refractivity contribution is 0.0368. The van der Waals surface area contributed by atoms with Crippen LogP contribution in [0.4, 0.5) is 0 Å². The van der Waals surface area contributed by atoms with Crippen LogP contribution in [0.15, 0.2) is 4.99 Å². The molecule has 0 saturated heterocycles. The number of rotatable bonds is 13. The summed E-state index contributed by atoms with van der Waals surface area (Å²) in [5.74, 6) is 2.03. The average Bonchev–Trinajstić information content (AvgIpc) is 3.32. The van der Waals surface area contributed by atoms with Gasteiger partial charge in [0.05, 0.1) is 19.3 Å².